The summed E-state index contributed by atoms with van der Waals surface area (Å²) in [6, 6.07) is 0. The first-order valence-corrected chi connectivity index (χ1v) is 5.46. The number of halogens is 5. The molecular formula is C10H4F5NOS2. The van der Waals surface area contributed by atoms with E-state index in [1.54, 1.807) is 5.32 Å². The van der Waals surface area contributed by atoms with Gasteiger partial charge in [0, 0.05) is 5.37 Å². The molecule has 2 nitrogen and oxygen atoms in total. The Hall–Kier alpha value is -1.48. The van der Waals surface area contributed by atoms with Crippen molar-refractivity contribution in [2.45, 2.75) is 6.42 Å². The summed E-state index contributed by atoms with van der Waals surface area (Å²) in [6.45, 7) is 0. The molecule has 1 aromatic carbocycles. The number of carbonyl (C=O) groups excluding carboxylic acids is 1. The molecule has 0 spiro atoms. The highest BCUT2D eigenvalue weighted by atomic mass is 32.1. The van der Waals surface area contributed by atoms with Crippen LogP contribution in [-0.4, -0.2) is 16.1 Å². The highest BCUT2D eigenvalue weighted by Crippen LogP contribution is 2.27. The van der Waals surface area contributed by atoms with Crippen molar-refractivity contribution in [3.05, 3.63) is 29.1 Å². The standard InChI is InChI=1S/C10H4F5NOS2/c11-5-6(12)8(14)10(9(15)7(5)13)16-4(19)1-3(17)2-18/h2H,1H2,(H,16,19). The molecule has 0 aliphatic carbocycles. The predicted molar refractivity (Wildman–Crippen MR) is 65.7 cm³/mol. The van der Waals surface area contributed by atoms with E-state index in [0.29, 0.717) is 0 Å². The van der Waals surface area contributed by atoms with Crippen LogP contribution in [0.25, 0.3) is 0 Å². The van der Waals surface area contributed by atoms with Gasteiger partial charge in [-0.1, -0.05) is 24.4 Å². The van der Waals surface area contributed by atoms with Gasteiger partial charge in [0.1, 0.15) is 5.69 Å². The molecule has 102 valence electrons. The molecule has 0 aromatic heterocycles. The van der Waals surface area contributed by atoms with Crippen molar-refractivity contribution in [3.63, 3.8) is 0 Å². The molecule has 1 N–H and O–H groups in total. The van der Waals surface area contributed by atoms with Gasteiger partial charge in [0.2, 0.25) is 5.82 Å². The number of anilines is 1. The minimum Gasteiger partial charge on any atom is -0.345 e. The number of ketones is 1. The summed E-state index contributed by atoms with van der Waals surface area (Å²) < 4.78 is 64.9. The number of rotatable bonds is 4. The summed E-state index contributed by atoms with van der Waals surface area (Å²) >= 11 is 8.84. The lowest BCUT2D eigenvalue weighted by Gasteiger charge is -2.10. The fourth-order valence-corrected chi connectivity index (χ4v) is 1.43. The first-order valence-electron chi connectivity index (χ1n) is 4.58. The minimum absolute atomic E-state index is 0.422. The number of carbonyl (C=O) groups is 1. The van der Waals surface area contributed by atoms with Crippen LogP contribution in [0, 0.1) is 29.1 Å². The number of Topliss-reactive ketones (excluding diaryl/α,β-unsaturated/α-hetero) is 1. The van der Waals surface area contributed by atoms with E-state index in [0.717, 1.165) is 5.37 Å². The van der Waals surface area contributed by atoms with Crippen LogP contribution in [0.5, 0.6) is 0 Å². The molecule has 0 saturated carbocycles. The Morgan fingerprint density at radius 2 is 1.42 bits per heavy atom. The molecule has 0 bridgehead atoms. The Labute approximate surface area is 114 Å². The minimum atomic E-state index is -2.28. The molecule has 0 aliphatic heterocycles. The monoisotopic (exact) mass is 313 g/mol. The van der Waals surface area contributed by atoms with E-state index in [2.05, 4.69) is 24.4 Å². The van der Waals surface area contributed by atoms with Crippen molar-refractivity contribution in [2.24, 2.45) is 0 Å². The SMILES string of the molecule is O=C(C=S)CC(=S)Nc1c(F)c(F)c(F)c(F)c1F. The predicted octanol–water partition coefficient (Wildman–Crippen LogP) is 3.08. The van der Waals surface area contributed by atoms with E-state index < -0.39 is 52.0 Å². The molecule has 0 aliphatic rings. The topological polar surface area (TPSA) is 29.1 Å². The zero-order valence-electron chi connectivity index (χ0n) is 8.90. The maximum absolute atomic E-state index is 13.2. The van der Waals surface area contributed by atoms with Gasteiger partial charge in [0.25, 0.3) is 0 Å². The third-order valence-corrected chi connectivity index (χ3v) is 2.45. The number of nitrogens with one attached hydrogen (secondary N) is 1. The third-order valence-electron chi connectivity index (χ3n) is 1.94. The van der Waals surface area contributed by atoms with Gasteiger partial charge in [-0.3, -0.25) is 4.79 Å². The third kappa shape index (κ3) is 3.29. The van der Waals surface area contributed by atoms with Gasteiger partial charge in [-0.15, -0.1) is 0 Å². The van der Waals surface area contributed by atoms with Crippen LogP contribution in [0.2, 0.25) is 0 Å². The van der Waals surface area contributed by atoms with Gasteiger partial charge in [0.15, 0.2) is 29.1 Å². The Morgan fingerprint density at radius 3 is 1.84 bits per heavy atom. The maximum atomic E-state index is 13.2. The van der Waals surface area contributed by atoms with Crippen molar-refractivity contribution < 1.29 is 26.7 Å². The molecule has 0 heterocycles. The van der Waals surface area contributed by atoms with Gasteiger partial charge in [-0.25, -0.2) is 22.0 Å². The fraction of sp³-hybridized carbons (Fsp3) is 0.100. The molecule has 0 saturated heterocycles. The van der Waals surface area contributed by atoms with Crippen LogP contribution in [-0.2, 0) is 4.79 Å². The van der Waals surface area contributed by atoms with Crippen LogP contribution in [0.15, 0.2) is 0 Å². The normalized spacial score (nSPS) is 10.2. The van der Waals surface area contributed by atoms with E-state index in [1.165, 1.54) is 0 Å². The molecule has 0 fully saturated rings. The molecule has 1 rings (SSSR count). The van der Waals surface area contributed by atoms with Crippen molar-refractivity contribution in [1.82, 2.24) is 0 Å². The molecular weight excluding hydrogens is 309 g/mol. The second-order valence-corrected chi connectivity index (χ2v) is 3.98. The van der Waals surface area contributed by atoms with Crippen LogP contribution in [0.4, 0.5) is 27.6 Å². The van der Waals surface area contributed by atoms with Gasteiger partial charge in [-0.2, -0.15) is 0 Å². The van der Waals surface area contributed by atoms with E-state index in [4.69, 9.17) is 0 Å². The van der Waals surface area contributed by atoms with E-state index in [1.807, 2.05) is 0 Å². The zero-order chi connectivity index (χ0) is 14.7. The molecule has 19 heavy (non-hydrogen) atoms. The zero-order valence-corrected chi connectivity index (χ0v) is 10.5. The van der Waals surface area contributed by atoms with Gasteiger partial charge in [-0.05, 0) is 0 Å². The molecule has 9 heteroatoms. The molecule has 0 radical (unpaired) electrons. The summed E-state index contributed by atoms with van der Waals surface area (Å²) in [6.07, 6.45) is -0.502. The summed E-state index contributed by atoms with van der Waals surface area (Å²) in [5, 5.41) is 2.54. The van der Waals surface area contributed by atoms with Crippen molar-refractivity contribution >= 4 is 46.3 Å². The molecule has 0 unspecified atom stereocenters. The maximum Gasteiger partial charge on any atom is 0.200 e. The lowest BCUT2D eigenvalue weighted by Crippen LogP contribution is -2.18. The van der Waals surface area contributed by atoms with E-state index in [9.17, 15) is 26.7 Å². The van der Waals surface area contributed by atoms with Crippen LogP contribution < -0.4 is 5.32 Å². The molecule has 1 aromatic rings. The Balaban J connectivity index is 3.12. The number of thiocarbonyl (C=S) groups is 2. The summed E-state index contributed by atoms with van der Waals surface area (Å²) in [4.78, 5) is 10.5. The average Bonchev–Trinajstić information content (AvgIpc) is 2.39. The first kappa shape index (κ1) is 15.6. The van der Waals surface area contributed by atoms with Crippen LogP contribution in [0.3, 0.4) is 0 Å². The Morgan fingerprint density at radius 1 is 1.00 bits per heavy atom. The highest BCUT2D eigenvalue weighted by Gasteiger charge is 2.26. The van der Waals surface area contributed by atoms with Crippen molar-refractivity contribution in [1.29, 1.82) is 0 Å². The second kappa shape index (κ2) is 6.11. The van der Waals surface area contributed by atoms with Crippen LogP contribution in [0.1, 0.15) is 6.42 Å². The van der Waals surface area contributed by atoms with Gasteiger partial charge < -0.3 is 5.32 Å². The number of hydrogen-bond donors (Lipinski definition) is 1. The summed E-state index contributed by atoms with van der Waals surface area (Å²) in [7, 11) is 0. The van der Waals surface area contributed by atoms with Gasteiger partial charge >= 0.3 is 0 Å². The smallest absolute Gasteiger partial charge is 0.200 e. The number of benzene rings is 1. The van der Waals surface area contributed by atoms with Crippen molar-refractivity contribution in [2.75, 3.05) is 5.32 Å². The van der Waals surface area contributed by atoms with Crippen LogP contribution >= 0.6 is 24.4 Å². The lowest BCUT2D eigenvalue weighted by atomic mass is 10.2. The van der Waals surface area contributed by atoms with E-state index in [-0.39, 0.29) is 0 Å². The fourth-order valence-electron chi connectivity index (χ4n) is 1.10. The summed E-state index contributed by atoms with van der Waals surface area (Å²) in [5.41, 5.74) is -1.31. The summed E-state index contributed by atoms with van der Waals surface area (Å²) in [5.74, 6) is -11.3. The van der Waals surface area contributed by atoms with E-state index >= 15 is 0 Å². The highest BCUT2D eigenvalue weighted by molar-refractivity contribution is 7.81. The number of hydrogen-bond acceptors (Lipinski definition) is 3. The van der Waals surface area contributed by atoms with Gasteiger partial charge in [0.05, 0.1) is 11.4 Å². The molecule has 0 amide bonds. The lowest BCUT2D eigenvalue weighted by molar-refractivity contribution is -0.111. The Bertz CT molecular complexity index is 547. The largest absolute Gasteiger partial charge is 0.345 e. The average molecular weight is 313 g/mol. The Kier molecular flexibility index (Phi) is 5.01. The van der Waals surface area contributed by atoms with Crippen molar-refractivity contribution in [3.8, 4) is 0 Å². The quantitative estimate of drug-likeness (QED) is 0.400. The molecule has 0 atom stereocenters. The first-order chi connectivity index (χ1) is 8.79. The second-order valence-electron chi connectivity index (χ2n) is 3.25.